The van der Waals surface area contributed by atoms with Gasteiger partial charge < -0.3 is 19.1 Å². The molecule has 0 N–H and O–H groups in total. The van der Waals surface area contributed by atoms with Crippen LogP contribution in [-0.4, -0.2) is 39.3 Å². The maximum Gasteiger partial charge on any atom is 0.414 e. The molecule has 5 nitrogen and oxygen atoms in total. The molecule has 0 heterocycles. The Balaban J connectivity index is 2.68. The number of ether oxygens (including phenoxy) is 3. The van der Waals surface area contributed by atoms with Crippen LogP contribution in [0.3, 0.4) is 0 Å². The molecule has 0 aliphatic rings. The summed E-state index contributed by atoms with van der Waals surface area (Å²) in [5.41, 5.74) is 0. The highest BCUT2D eigenvalue weighted by atomic mass is 19.1. The van der Waals surface area contributed by atoms with Crippen LogP contribution in [0.2, 0.25) is 0 Å². The summed E-state index contributed by atoms with van der Waals surface area (Å²) in [6.07, 6.45) is -0.562. The van der Waals surface area contributed by atoms with Crippen LogP contribution in [0.15, 0.2) is 24.3 Å². The van der Waals surface area contributed by atoms with E-state index in [-0.39, 0.29) is 5.75 Å². The number of carbonyl (C=O) groups is 1. The maximum atomic E-state index is 13.5. The molecule has 0 spiro atoms. The minimum absolute atomic E-state index is 0.209. The van der Waals surface area contributed by atoms with Crippen molar-refractivity contribution in [2.24, 2.45) is 0 Å². The van der Waals surface area contributed by atoms with Gasteiger partial charge in [-0.1, -0.05) is 0 Å². The van der Waals surface area contributed by atoms with E-state index in [0.29, 0.717) is 22.3 Å². The third-order valence-corrected chi connectivity index (χ3v) is 2.96. The Morgan fingerprint density at radius 3 is 2.33 bits per heavy atom. The number of hydrogen-bond acceptors (Lipinski definition) is 4. The summed E-state index contributed by atoms with van der Waals surface area (Å²) in [4.78, 5) is 13.0. The molecule has 6 heteroatoms. The average Bonchev–Trinajstić information content (AvgIpc) is 2.46. The van der Waals surface area contributed by atoms with Crippen molar-refractivity contribution in [3.05, 3.63) is 30.1 Å². The summed E-state index contributed by atoms with van der Waals surface area (Å²) in [5.74, 6) is 0.632. The SMILES string of the molecule is COc1cc(OC(=O)N(C)C)c2cc(F)ccc2c1OC. The molecule has 112 valence electrons. The molecule has 2 rings (SSSR count). The summed E-state index contributed by atoms with van der Waals surface area (Å²) in [5, 5.41) is 1.03. The zero-order valence-corrected chi connectivity index (χ0v) is 12.3. The van der Waals surface area contributed by atoms with E-state index >= 15 is 0 Å². The zero-order valence-electron chi connectivity index (χ0n) is 12.3. The summed E-state index contributed by atoms with van der Waals surface area (Å²) in [6.45, 7) is 0. The van der Waals surface area contributed by atoms with Crippen molar-refractivity contribution >= 4 is 16.9 Å². The van der Waals surface area contributed by atoms with Crippen molar-refractivity contribution in [2.45, 2.75) is 0 Å². The molecule has 0 saturated carbocycles. The monoisotopic (exact) mass is 293 g/mol. The van der Waals surface area contributed by atoms with Crippen molar-refractivity contribution in [2.75, 3.05) is 28.3 Å². The second-order valence-corrected chi connectivity index (χ2v) is 4.56. The Kier molecular flexibility index (Phi) is 4.16. The number of nitrogens with zero attached hydrogens (tertiary/aromatic N) is 1. The average molecular weight is 293 g/mol. The molecule has 1 amide bonds. The second kappa shape index (κ2) is 5.87. The number of hydrogen-bond donors (Lipinski definition) is 0. The number of rotatable bonds is 3. The van der Waals surface area contributed by atoms with Gasteiger partial charge in [-0.25, -0.2) is 9.18 Å². The van der Waals surface area contributed by atoms with Gasteiger partial charge in [0, 0.05) is 30.9 Å². The lowest BCUT2D eigenvalue weighted by Crippen LogP contribution is -2.25. The normalized spacial score (nSPS) is 10.3. The molecule has 0 saturated heterocycles. The molecule has 0 bridgehead atoms. The second-order valence-electron chi connectivity index (χ2n) is 4.56. The molecule has 2 aromatic carbocycles. The van der Waals surface area contributed by atoms with Crippen molar-refractivity contribution < 1.29 is 23.4 Å². The van der Waals surface area contributed by atoms with Crippen LogP contribution in [0, 0.1) is 5.82 Å². The third kappa shape index (κ3) is 2.84. The Morgan fingerprint density at radius 1 is 1.05 bits per heavy atom. The van der Waals surface area contributed by atoms with Gasteiger partial charge in [0.15, 0.2) is 11.5 Å². The van der Waals surface area contributed by atoms with Gasteiger partial charge in [0.05, 0.1) is 14.2 Å². The minimum atomic E-state index is -0.562. The van der Waals surface area contributed by atoms with Crippen LogP contribution in [-0.2, 0) is 0 Å². The lowest BCUT2D eigenvalue weighted by atomic mass is 10.1. The van der Waals surface area contributed by atoms with E-state index in [1.54, 1.807) is 20.2 Å². The largest absolute Gasteiger partial charge is 0.493 e. The van der Waals surface area contributed by atoms with Gasteiger partial charge in [0.25, 0.3) is 0 Å². The molecule has 2 aromatic rings. The number of halogens is 1. The first kappa shape index (κ1) is 14.9. The minimum Gasteiger partial charge on any atom is -0.493 e. The standard InChI is InChI=1S/C15H16FNO4/c1-17(2)15(18)21-12-8-13(19-3)14(20-4)10-6-5-9(16)7-11(10)12/h5-8H,1-4H3. The van der Waals surface area contributed by atoms with Gasteiger partial charge in [-0.3, -0.25) is 0 Å². The highest BCUT2D eigenvalue weighted by Crippen LogP contribution is 2.41. The molecule has 21 heavy (non-hydrogen) atoms. The fourth-order valence-corrected chi connectivity index (χ4v) is 1.95. The molecule has 0 aromatic heterocycles. The highest BCUT2D eigenvalue weighted by molar-refractivity contribution is 5.96. The lowest BCUT2D eigenvalue weighted by Gasteiger charge is -2.16. The topological polar surface area (TPSA) is 48.0 Å². The third-order valence-electron chi connectivity index (χ3n) is 2.96. The van der Waals surface area contributed by atoms with Gasteiger partial charge in [-0.05, 0) is 18.2 Å². The molecule has 0 aliphatic heterocycles. The Morgan fingerprint density at radius 2 is 1.76 bits per heavy atom. The van der Waals surface area contributed by atoms with Gasteiger partial charge >= 0.3 is 6.09 Å². The van der Waals surface area contributed by atoms with Crippen molar-refractivity contribution in [3.63, 3.8) is 0 Å². The molecule has 0 unspecified atom stereocenters. The number of amides is 1. The van der Waals surface area contributed by atoms with Gasteiger partial charge in [-0.15, -0.1) is 0 Å². The molecule has 0 fully saturated rings. The molecule has 0 atom stereocenters. The van der Waals surface area contributed by atoms with E-state index in [9.17, 15) is 9.18 Å². The summed E-state index contributed by atoms with van der Waals surface area (Å²) in [6, 6.07) is 5.65. The van der Waals surface area contributed by atoms with E-state index < -0.39 is 11.9 Å². The first-order chi connectivity index (χ1) is 9.97. The Hall–Kier alpha value is -2.50. The van der Waals surface area contributed by atoms with E-state index in [1.807, 2.05) is 0 Å². The highest BCUT2D eigenvalue weighted by Gasteiger charge is 2.17. The van der Waals surface area contributed by atoms with Gasteiger partial charge in [0.2, 0.25) is 0 Å². The summed E-state index contributed by atoms with van der Waals surface area (Å²) in [7, 11) is 6.09. The Labute approximate surface area is 121 Å². The van der Waals surface area contributed by atoms with Gasteiger partial charge in [0.1, 0.15) is 11.6 Å². The van der Waals surface area contributed by atoms with Crippen LogP contribution in [0.1, 0.15) is 0 Å². The van der Waals surface area contributed by atoms with E-state index in [1.165, 1.54) is 37.3 Å². The van der Waals surface area contributed by atoms with E-state index in [2.05, 4.69) is 0 Å². The Bertz CT molecular complexity index is 685. The predicted molar refractivity (Wildman–Crippen MR) is 76.7 cm³/mol. The maximum absolute atomic E-state index is 13.5. The quantitative estimate of drug-likeness (QED) is 0.872. The predicted octanol–water partition coefficient (Wildman–Crippen LogP) is 3.06. The van der Waals surface area contributed by atoms with Crippen LogP contribution >= 0.6 is 0 Å². The first-order valence-electron chi connectivity index (χ1n) is 6.21. The molecular weight excluding hydrogens is 277 g/mol. The lowest BCUT2D eigenvalue weighted by molar-refractivity contribution is 0.172. The van der Waals surface area contributed by atoms with Crippen molar-refractivity contribution in [3.8, 4) is 17.2 Å². The fourth-order valence-electron chi connectivity index (χ4n) is 1.95. The molecule has 0 radical (unpaired) electrons. The number of fused-ring (bicyclic) bond motifs is 1. The summed E-state index contributed by atoms with van der Waals surface area (Å²) >= 11 is 0. The fraction of sp³-hybridized carbons (Fsp3) is 0.267. The number of carbonyl (C=O) groups excluding carboxylic acids is 1. The van der Waals surface area contributed by atoms with E-state index in [4.69, 9.17) is 14.2 Å². The van der Waals surface area contributed by atoms with E-state index in [0.717, 1.165) is 0 Å². The van der Waals surface area contributed by atoms with Crippen molar-refractivity contribution in [1.29, 1.82) is 0 Å². The van der Waals surface area contributed by atoms with Gasteiger partial charge in [-0.2, -0.15) is 0 Å². The van der Waals surface area contributed by atoms with Crippen molar-refractivity contribution in [1.82, 2.24) is 4.90 Å². The van der Waals surface area contributed by atoms with Crippen LogP contribution < -0.4 is 14.2 Å². The molecule has 0 aliphatic carbocycles. The summed E-state index contributed by atoms with van der Waals surface area (Å²) < 4.78 is 29.3. The number of methoxy groups -OCH3 is 2. The van der Waals surface area contributed by atoms with Crippen LogP contribution in [0.4, 0.5) is 9.18 Å². The zero-order chi connectivity index (χ0) is 15.6. The smallest absolute Gasteiger partial charge is 0.414 e. The van der Waals surface area contributed by atoms with Crippen LogP contribution in [0.25, 0.3) is 10.8 Å². The molecular formula is C15H16FNO4. The van der Waals surface area contributed by atoms with Crippen LogP contribution in [0.5, 0.6) is 17.2 Å². The first-order valence-corrected chi connectivity index (χ1v) is 6.21. The number of benzene rings is 2.